The molecule has 38 heavy (non-hydrogen) atoms. The van der Waals surface area contributed by atoms with Crippen molar-refractivity contribution < 1.29 is 24.1 Å². The number of aryl methyl sites for hydroxylation is 1. The Morgan fingerprint density at radius 1 is 1.00 bits per heavy atom. The van der Waals surface area contributed by atoms with Gasteiger partial charge < -0.3 is 4.84 Å². The molecule has 0 amide bonds. The van der Waals surface area contributed by atoms with Gasteiger partial charge in [-0.25, -0.2) is 4.79 Å². The summed E-state index contributed by atoms with van der Waals surface area (Å²) in [6.45, 7) is 8.46. The summed E-state index contributed by atoms with van der Waals surface area (Å²) in [5.74, 6) is -1.06. The van der Waals surface area contributed by atoms with Crippen molar-refractivity contribution in [3.05, 3.63) is 62.2 Å². The predicted octanol–water partition coefficient (Wildman–Crippen LogP) is 7.49. The molecular formula is C29H30N2O6S. The zero-order valence-electron chi connectivity index (χ0n) is 22.2. The molecule has 0 aliphatic heterocycles. The first-order chi connectivity index (χ1) is 18.0. The summed E-state index contributed by atoms with van der Waals surface area (Å²) in [6, 6.07) is 6.49. The van der Waals surface area contributed by atoms with E-state index in [0.29, 0.717) is 26.6 Å². The Morgan fingerprint density at radius 2 is 1.61 bits per heavy atom. The monoisotopic (exact) mass is 534 g/mol. The summed E-state index contributed by atoms with van der Waals surface area (Å²) in [5.41, 5.74) is 3.06. The van der Waals surface area contributed by atoms with Gasteiger partial charge in [-0.3, -0.25) is 19.7 Å². The zero-order chi connectivity index (χ0) is 27.7. The predicted molar refractivity (Wildman–Crippen MR) is 149 cm³/mol. The summed E-state index contributed by atoms with van der Waals surface area (Å²) in [7, 11) is 0. The fourth-order valence-corrected chi connectivity index (χ4v) is 6.42. The second-order valence-electron chi connectivity index (χ2n) is 9.85. The van der Waals surface area contributed by atoms with Gasteiger partial charge in [0.05, 0.1) is 4.92 Å². The van der Waals surface area contributed by atoms with Crippen LogP contribution in [-0.2, 0) is 9.63 Å². The van der Waals surface area contributed by atoms with Crippen LogP contribution in [0.4, 0.5) is 5.69 Å². The molecule has 0 N–H and O–H groups in total. The molecule has 1 heterocycles. The van der Waals surface area contributed by atoms with Crippen LogP contribution in [0.5, 0.6) is 0 Å². The lowest BCUT2D eigenvalue weighted by Crippen LogP contribution is -2.14. The lowest BCUT2D eigenvalue weighted by atomic mass is 9.86. The molecule has 3 aromatic rings. The van der Waals surface area contributed by atoms with E-state index in [4.69, 9.17) is 0 Å². The van der Waals surface area contributed by atoms with E-state index in [1.54, 1.807) is 18.2 Å². The van der Waals surface area contributed by atoms with E-state index in [-0.39, 0.29) is 23.1 Å². The topological polar surface area (TPSA) is 116 Å². The minimum Gasteiger partial charge on any atom is -0.318 e. The summed E-state index contributed by atoms with van der Waals surface area (Å²) >= 11 is 1.28. The second kappa shape index (κ2) is 10.9. The quantitative estimate of drug-likeness (QED) is 0.0738. The Morgan fingerprint density at radius 3 is 2.18 bits per heavy atom. The van der Waals surface area contributed by atoms with Crippen LogP contribution in [0.1, 0.15) is 86.1 Å². The van der Waals surface area contributed by atoms with Crippen molar-refractivity contribution in [1.29, 1.82) is 0 Å². The zero-order valence-corrected chi connectivity index (χ0v) is 23.0. The molecule has 0 spiro atoms. The molecule has 1 aliphatic rings. The van der Waals surface area contributed by atoms with E-state index in [1.807, 2.05) is 20.8 Å². The fourth-order valence-electron chi connectivity index (χ4n) is 5.20. The third-order valence-corrected chi connectivity index (χ3v) is 8.58. The van der Waals surface area contributed by atoms with Crippen LogP contribution in [0.15, 0.2) is 40.6 Å². The maximum Gasteiger partial charge on any atom is 0.331 e. The van der Waals surface area contributed by atoms with Crippen LogP contribution in [0, 0.1) is 23.0 Å². The standard InChI is InChI=1S/C29H30N2O6S/c1-6-15(2)25(19-9-7-8-10-19)27(34)21-13-23-22-12-20(26(33)17(4)30-37-18(5)32)11-16(3)28(22)38-29(23)24(14-21)31(35)36/h11-14,19H,6-10H2,1-5H3/b25-15-,30-17+. The Kier molecular flexibility index (Phi) is 7.87. The minimum absolute atomic E-state index is 0.00159. The number of nitrogens with zero attached hydrogens (tertiary/aromatic N) is 2. The fraction of sp³-hybridized carbons (Fsp3) is 0.379. The number of fused-ring (bicyclic) bond motifs is 3. The number of nitro groups is 1. The van der Waals surface area contributed by atoms with Crippen LogP contribution in [0.25, 0.3) is 20.2 Å². The Labute approximate surface area is 224 Å². The molecule has 1 saturated carbocycles. The van der Waals surface area contributed by atoms with Gasteiger partial charge >= 0.3 is 5.97 Å². The number of hydrogen-bond donors (Lipinski definition) is 0. The van der Waals surface area contributed by atoms with E-state index >= 15 is 0 Å². The number of allylic oxidation sites excluding steroid dienone is 2. The highest BCUT2D eigenvalue weighted by molar-refractivity contribution is 7.26. The van der Waals surface area contributed by atoms with Gasteiger partial charge in [-0.2, -0.15) is 0 Å². The van der Waals surface area contributed by atoms with Crippen molar-refractivity contribution >= 4 is 60.4 Å². The molecule has 1 aromatic heterocycles. The molecule has 4 rings (SSSR count). The highest BCUT2D eigenvalue weighted by atomic mass is 32.1. The number of carbonyl (C=O) groups excluding carboxylic acids is 3. The van der Waals surface area contributed by atoms with Gasteiger partial charge in [-0.15, -0.1) is 11.3 Å². The van der Waals surface area contributed by atoms with Crippen LogP contribution in [0.3, 0.4) is 0 Å². The van der Waals surface area contributed by atoms with Gasteiger partial charge in [0.25, 0.3) is 5.69 Å². The Bertz CT molecular complexity index is 1560. The molecule has 0 saturated heterocycles. The molecular weight excluding hydrogens is 504 g/mol. The first kappa shape index (κ1) is 27.3. The summed E-state index contributed by atoms with van der Waals surface area (Å²) in [5, 5.41) is 17.0. The van der Waals surface area contributed by atoms with Crippen molar-refractivity contribution in [2.45, 2.75) is 66.7 Å². The van der Waals surface area contributed by atoms with Crippen molar-refractivity contribution in [2.75, 3.05) is 0 Å². The minimum atomic E-state index is -0.638. The Hall–Kier alpha value is -3.72. The van der Waals surface area contributed by atoms with E-state index in [0.717, 1.165) is 53.5 Å². The van der Waals surface area contributed by atoms with Gasteiger partial charge in [-0.1, -0.05) is 30.5 Å². The van der Waals surface area contributed by atoms with Crippen LogP contribution in [0.2, 0.25) is 0 Å². The summed E-state index contributed by atoms with van der Waals surface area (Å²) in [6.07, 6.45) is 4.78. The van der Waals surface area contributed by atoms with Gasteiger partial charge in [-0.05, 0) is 69.7 Å². The van der Waals surface area contributed by atoms with Gasteiger partial charge in [0, 0.05) is 45.2 Å². The normalized spacial score (nSPS) is 15.1. The second-order valence-corrected chi connectivity index (χ2v) is 10.9. The number of oxime groups is 1. The average Bonchev–Trinajstić information content (AvgIpc) is 3.54. The molecule has 1 aliphatic carbocycles. The third kappa shape index (κ3) is 5.15. The number of thiophene rings is 1. The van der Waals surface area contributed by atoms with Crippen molar-refractivity contribution in [3.8, 4) is 0 Å². The molecule has 9 heteroatoms. The lowest BCUT2D eigenvalue weighted by Gasteiger charge is -2.17. The molecule has 0 radical (unpaired) electrons. The molecule has 8 nitrogen and oxygen atoms in total. The van der Waals surface area contributed by atoms with Crippen LogP contribution < -0.4 is 0 Å². The molecule has 1 fully saturated rings. The van der Waals surface area contributed by atoms with E-state index in [1.165, 1.54) is 31.3 Å². The smallest absolute Gasteiger partial charge is 0.318 e. The van der Waals surface area contributed by atoms with E-state index < -0.39 is 16.7 Å². The first-order valence-electron chi connectivity index (χ1n) is 12.7. The molecule has 198 valence electrons. The molecule has 2 aromatic carbocycles. The molecule has 0 unspecified atom stereocenters. The number of benzene rings is 2. The summed E-state index contributed by atoms with van der Waals surface area (Å²) < 4.78 is 1.26. The number of rotatable bonds is 8. The number of non-ortho nitro benzene ring substituents is 1. The molecule has 0 bridgehead atoms. The third-order valence-electron chi connectivity index (χ3n) is 7.20. The highest BCUT2D eigenvalue weighted by Crippen LogP contribution is 2.43. The van der Waals surface area contributed by atoms with E-state index in [2.05, 4.69) is 9.99 Å². The first-order valence-corrected chi connectivity index (χ1v) is 13.5. The highest BCUT2D eigenvalue weighted by Gasteiger charge is 2.29. The maximum atomic E-state index is 13.9. The number of Topliss-reactive ketones (excluding diaryl/α,β-unsaturated/α-hetero) is 2. The van der Waals surface area contributed by atoms with Crippen molar-refractivity contribution in [2.24, 2.45) is 11.1 Å². The van der Waals surface area contributed by atoms with Gasteiger partial charge in [0.2, 0.25) is 5.78 Å². The summed E-state index contributed by atoms with van der Waals surface area (Å²) in [4.78, 5) is 54.3. The van der Waals surface area contributed by atoms with Gasteiger partial charge in [0.15, 0.2) is 5.78 Å². The molecule has 0 atom stereocenters. The Balaban J connectivity index is 1.92. The lowest BCUT2D eigenvalue weighted by molar-refractivity contribution is -0.382. The SMILES string of the molecule is CC/C(C)=C(\C(=O)c1cc([N+](=O)[O-])c2sc3c(C)cc(C(=O)/C(C)=N/OC(C)=O)cc3c2c1)C1CCCC1. The number of nitro benzene ring substituents is 1. The van der Waals surface area contributed by atoms with Crippen molar-refractivity contribution in [1.82, 2.24) is 0 Å². The number of hydrogen-bond acceptors (Lipinski definition) is 8. The van der Waals surface area contributed by atoms with Crippen molar-refractivity contribution in [3.63, 3.8) is 0 Å². The number of carbonyl (C=O) groups is 3. The van der Waals surface area contributed by atoms with Crippen LogP contribution >= 0.6 is 11.3 Å². The van der Waals surface area contributed by atoms with E-state index in [9.17, 15) is 24.5 Å². The number of ketones is 2. The largest absolute Gasteiger partial charge is 0.331 e. The maximum absolute atomic E-state index is 13.9. The van der Waals surface area contributed by atoms with Gasteiger partial charge in [0.1, 0.15) is 10.4 Å². The average molecular weight is 535 g/mol. The van der Waals surface area contributed by atoms with Crippen LogP contribution in [-0.4, -0.2) is 28.2 Å².